The first-order chi connectivity index (χ1) is 14.3. The largest absolute Gasteiger partial charge is 0.376 e. The Bertz CT molecular complexity index is 922. The molecule has 2 N–H and O–H groups in total. The van der Waals surface area contributed by atoms with Gasteiger partial charge >= 0.3 is 0 Å². The molecule has 0 aliphatic carbocycles. The van der Waals surface area contributed by atoms with E-state index in [1.54, 1.807) is 11.8 Å². The van der Waals surface area contributed by atoms with Gasteiger partial charge in [-0.25, -0.2) is 0 Å². The van der Waals surface area contributed by atoms with E-state index in [-0.39, 0.29) is 12.1 Å². The molecule has 6 heteroatoms. The van der Waals surface area contributed by atoms with Gasteiger partial charge in [-0.05, 0) is 36.0 Å². The third-order valence-corrected chi connectivity index (χ3v) is 6.40. The molecule has 3 aromatic rings. The van der Waals surface area contributed by atoms with E-state index in [0.717, 1.165) is 49.1 Å². The summed E-state index contributed by atoms with van der Waals surface area (Å²) < 4.78 is 8.04. The lowest BCUT2D eigenvalue weighted by molar-refractivity contribution is 0.0938. The lowest BCUT2D eigenvalue weighted by Crippen LogP contribution is -2.22. The minimum Gasteiger partial charge on any atom is -0.376 e. The number of ether oxygens (including phenoxy) is 1. The van der Waals surface area contributed by atoms with Gasteiger partial charge in [0.2, 0.25) is 0 Å². The molecule has 0 radical (unpaired) electrons. The number of benzene rings is 2. The van der Waals surface area contributed by atoms with Crippen LogP contribution < -0.4 is 5.73 Å². The Labute approximate surface area is 176 Å². The van der Waals surface area contributed by atoms with Gasteiger partial charge in [0.05, 0.1) is 18.7 Å². The van der Waals surface area contributed by atoms with Crippen molar-refractivity contribution in [2.45, 2.75) is 55.8 Å². The van der Waals surface area contributed by atoms with Crippen LogP contribution in [0.2, 0.25) is 0 Å². The van der Waals surface area contributed by atoms with Crippen LogP contribution in [-0.4, -0.2) is 27.5 Å². The van der Waals surface area contributed by atoms with Gasteiger partial charge in [0.1, 0.15) is 0 Å². The predicted molar refractivity (Wildman–Crippen MR) is 118 cm³/mol. The highest BCUT2D eigenvalue weighted by Gasteiger charge is 2.23. The number of nitrogens with two attached hydrogens (primary N) is 1. The van der Waals surface area contributed by atoms with E-state index in [1.165, 1.54) is 16.7 Å². The summed E-state index contributed by atoms with van der Waals surface area (Å²) in [5.74, 6) is 1.69. The number of hydrogen-bond donors (Lipinski definition) is 1. The fraction of sp³-hybridized carbons (Fsp3) is 0.391. The molecular formula is C23H28N4OS. The summed E-state index contributed by atoms with van der Waals surface area (Å²) in [6.07, 6.45) is 3.27. The monoisotopic (exact) mass is 408 g/mol. The number of aromatic nitrogens is 3. The van der Waals surface area contributed by atoms with E-state index in [4.69, 9.17) is 10.5 Å². The molecule has 0 bridgehead atoms. The predicted octanol–water partition coefficient (Wildman–Crippen LogP) is 4.83. The molecule has 2 atom stereocenters. The maximum absolute atomic E-state index is 6.32. The first kappa shape index (κ1) is 20.1. The normalized spacial score (nSPS) is 17.5. The molecule has 2 aromatic carbocycles. The van der Waals surface area contributed by atoms with Gasteiger partial charge in [0.15, 0.2) is 11.0 Å². The molecule has 1 aromatic heterocycles. The summed E-state index contributed by atoms with van der Waals surface area (Å²) in [7, 11) is 0. The molecule has 29 heavy (non-hydrogen) atoms. The molecule has 1 saturated heterocycles. The highest BCUT2D eigenvalue weighted by atomic mass is 32.2. The summed E-state index contributed by atoms with van der Waals surface area (Å²) in [4.78, 5) is 0. The minimum absolute atomic E-state index is 0.102. The Kier molecular flexibility index (Phi) is 6.64. The van der Waals surface area contributed by atoms with Gasteiger partial charge in [0, 0.05) is 12.4 Å². The molecule has 1 aliphatic rings. The Morgan fingerprint density at radius 2 is 1.93 bits per heavy atom. The smallest absolute Gasteiger partial charge is 0.191 e. The molecular weight excluding hydrogens is 380 g/mol. The van der Waals surface area contributed by atoms with Crippen LogP contribution in [-0.2, 0) is 17.0 Å². The number of thioether (sulfide) groups is 1. The lowest BCUT2D eigenvalue weighted by atomic mass is 10.0. The lowest BCUT2D eigenvalue weighted by Gasteiger charge is -2.17. The van der Waals surface area contributed by atoms with Crippen LogP contribution in [0.3, 0.4) is 0 Å². The second-order valence-electron chi connectivity index (χ2n) is 7.41. The van der Waals surface area contributed by atoms with E-state index >= 15 is 0 Å². The molecule has 0 amide bonds. The minimum atomic E-state index is -0.102. The second-order valence-corrected chi connectivity index (χ2v) is 8.36. The van der Waals surface area contributed by atoms with Crippen molar-refractivity contribution in [3.63, 3.8) is 0 Å². The molecule has 1 fully saturated rings. The first-order valence-electron chi connectivity index (χ1n) is 10.3. The first-order valence-corrected chi connectivity index (χ1v) is 11.3. The average Bonchev–Trinajstić information content (AvgIpc) is 3.43. The molecule has 152 valence electrons. The van der Waals surface area contributed by atoms with E-state index in [0.29, 0.717) is 0 Å². The van der Waals surface area contributed by atoms with Crippen molar-refractivity contribution < 1.29 is 4.74 Å². The van der Waals surface area contributed by atoms with E-state index < -0.39 is 0 Å². The van der Waals surface area contributed by atoms with Gasteiger partial charge in [-0.2, -0.15) is 0 Å². The number of nitrogens with zero attached hydrogens (tertiary/aromatic N) is 3. The zero-order chi connectivity index (χ0) is 20.1. The molecule has 0 saturated carbocycles. The van der Waals surface area contributed by atoms with Crippen LogP contribution in [0.4, 0.5) is 0 Å². The van der Waals surface area contributed by atoms with Crippen LogP contribution in [0.15, 0.2) is 59.8 Å². The van der Waals surface area contributed by atoms with Crippen molar-refractivity contribution in [3.8, 4) is 11.1 Å². The SMILES string of the molecule is CCC(N)c1nnc(SCc2ccccc2-c2ccccc2)n1CC1CCCO1. The number of hydrogen-bond acceptors (Lipinski definition) is 5. The van der Waals surface area contributed by atoms with Gasteiger partial charge in [-0.3, -0.25) is 0 Å². The molecule has 0 spiro atoms. The Hall–Kier alpha value is -2.15. The summed E-state index contributed by atoms with van der Waals surface area (Å²) in [5.41, 5.74) is 10.1. The van der Waals surface area contributed by atoms with Crippen LogP contribution in [0, 0.1) is 0 Å². The van der Waals surface area contributed by atoms with Crippen molar-refractivity contribution in [1.82, 2.24) is 14.8 Å². The van der Waals surface area contributed by atoms with Crippen molar-refractivity contribution in [3.05, 3.63) is 66.0 Å². The standard InChI is InChI=1S/C23H28N4OS/c1-2-21(24)22-25-26-23(27(22)15-19-12-8-14-28-19)29-16-18-11-6-7-13-20(18)17-9-4-3-5-10-17/h3-7,9-11,13,19,21H,2,8,12,14-16,24H2,1H3. The molecule has 5 nitrogen and oxygen atoms in total. The van der Waals surface area contributed by atoms with Gasteiger partial charge < -0.3 is 15.0 Å². The van der Waals surface area contributed by atoms with Crippen molar-refractivity contribution in [1.29, 1.82) is 0 Å². The van der Waals surface area contributed by atoms with Crippen LogP contribution in [0.5, 0.6) is 0 Å². The van der Waals surface area contributed by atoms with E-state index in [1.807, 2.05) is 6.07 Å². The van der Waals surface area contributed by atoms with Gasteiger partial charge in [-0.15, -0.1) is 10.2 Å². The summed E-state index contributed by atoms with van der Waals surface area (Å²) >= 11 is 1.72. The second kappa shape index (κ2) is 9.57. The summed E-state index contributed by atoms with van der Waals surface area (Å²) in [6, 6.07) is 19.0. The third kappa shape index (κ3) is 4.71. The summed E-state index contributed by atoms with van der Waals surface area (Å²) in [6.45, 7) is 3.70. The van der Waals surface area contributed by atoms with Crippen molar-refractivity contribution in [2.75, 3.05) is 6.61 Å². The summed E-state index contributed by atoms with van der Waals surface area (Å²) in [5, 5.41) is 9.84. The van der Waals surface area contributed by atoms with E-state index in [9.17, 15) is 0 Å². The molecule has 2 unspecified atom stereocenters. The highest BCUT2D eigenvalue weighted by molar-refractivity contribution is 7.98. The van der Waals surface area contributed by atoms with Crippen LogP contribution in [0.25, 0.3) is 11.1 Å². The fourth-order valence-electron chi connectivity index (χ4n) is 3.72. The molecule has 2 heterocycles. The zero-order valence-electron chi connectivity index (χ0n) is 16.8. The molecule has 4 rings (SSSR count). The number of rotatable bonds is 8. The van der Waals surface area contributed by atoms with E-state index in [2.05, 4.69) is 70.2 Å². The Balaban J connectivity index is 1.57. The average molecular weight is 409 g/mol. The Morgan fingerprint density at radius 3 is 2.69 bits per heavy atom. The fourth-order valence-corrected chi connectivity index (χ4v) is 4.67. The topological polar surface area (TPSA) is 66.0 Å². The third-order valence-electron chi connectivity index (χ3n) is 5.39. The van der Waals surface area contributed by atoms with Crippen LogP contribution >= 0.6 is 11.8 Å². The maximum Gasteiger partial charge on any atom is 0.191 e. The quantitative estimate of drug-likeness (QED) is 0.541. The van der Waals surface area contributed by atoms with Crippen LogP contribution in [0.1, 0.15) is 43.6 Å². The molecule has 1 aliphatic heterocycles. The Morgan fingerprint density at radius 1 is 1.14 bits per heavy atom. The van der Waals surface area contributed by atoms with Gasteiger partial charge in [0.25, 0.3) is 0 Å². The van der Waals surface area contributed by atoms with Gasteiger partial charge in [-0.1, -0.05) is 73.3 Å². The highest BCUT2D eigenvalue weighted by Crippen LogP contribution is 2.31. The van der Waals surface area contributed by atoms with Crippen molar-refractivity contribution in [2.24, 2.45) is 5.73 Å². The van der Waals surface area contributed by atoms with Crippen molar-refractivity contribution >= 4 is 11.8 Å². The zero-order valence-corrected chi connectivity index (χ0v) is 17.6. The maximum atomic E-state index is 6.32.